The quantitative estimate of drug-likeness (QED) is 0.394. The highest BCUT2D eigenvalue weighted by molar-refractivity contribution is 5.78. The van der Waals surface area contributed by atoms with Gasteiger partial charge in [0.25, 0.3) is 0 Å². The number of nitrogens with zero attached hydrogens (tertiary/aromatic N) is 2. The molecule has 0 radical (unpaired) electrons. The van der Waals surface area contributed by atoms with Crippen molar-refractivity contribution in [3.8, 4) is 0 Å². The molecule has 3 unspecified atom stereocenters. The van der Waals surface area contributed by atoms with Crippen molar-refractivity contribution < 1.29 is 14.3 Å². The lowest BCUT2D eigenvalue weighted by Gasteiger charge is -2.44. The Balaban J connectivity index is 3.12. The molecule has 0 bridgehead atoms. The van der Waals surface area contributed by atoms with Gasteiger partial charge in [0.1, 0.15) is 6.61 Å². The van der Waals surface area contributed by atoms with Gasteiger partial charge in [-0.15, -0.1) is 0 Å². The SMILES string of the molecule is CCC(C)C(C)(C(=O)OCCOC)C(C)N(CC)c1ccc(CN(C)C)cc1. The number of anilines is 1. The van der Waals surface area contributed by atoms with E-state index in [1.54, 1.807) is 7.11 Å². The van der Waals surface area contributed by atoms with Crippen molar-refractivity contribution in [2.75, 3.05) is 45.9 Å². The molecule has 28 heavy (non-hydrogen) atoms. The van der Waals surface area contributed by atoms with Crippen LogP contribution in [0.1, 0.15) is 46.6 Å². The van der Waals surface area contributed by atoms with E-state index in [1.807, 2.05) is 6.92 Å². The van der Waals surface area contributed by atoms with Gasteiger partial charge in [-0.3, -0.25) is 4.79 Å². The van der Waals surface area contributed by atoms with Gasteiger partial charge < -0.3 is 19.3 Å². The fraction of sp³-hybridized carbons (Fsp3) is 0.696. The molecule has 0 fully saturated rings. The summed E-state index contributed by atoms with van der Waals surface area (Å²) < 4.78 is 10.6. The van der Waals surface area contributed by atoms with Crippen LogP contribution in [-0.2, 0) is 20.8 Å². The van der Waals surface area contributed by atoms with Gasteiger partial charge in [-0.1, -0.05) is 32.4 Å². The van der Waals surface area contributed by atoms with E-state index in [0.717, 1.165) is 25.2 Å². The van der Waals surface area contributed by atoms with Crippen molar-refractivity contribution in [3.63, 3.8) is 0 Å². The number of hydrogen-bond acceptors (Lipinski definition) is 5. The maximum Gasteiger partial charge on any atom is 0.314 e. The molecule has 5 heteroatoms. The van der Waals surface area contributed by atoms with Gasteiger partial charge in [0.05, 0.1) is 12.0 Å². The molecule has 0 N–H and O–H groups in total. The molecule has 3 atom stereocenters. The molecule has 1 aromatic rings. The third-order valence-corrected chi connectivity index (χ3v) is 6.04. The van der Waals surface area contributed by atoms with Crippen LogP contribution in [0.15, 0.2) is 24.3 Å². The highest BCUT2D eigenvalue weighted by Crippen LogP contribution is 2.39. The van der Waals surface area contributed by atoms with Gasteiger partial charge in [0.2, 0.25) is 0 Å². The normalized spacial score (nSPS) is 15.8. The van der Waals surface area contributed by atoms with E-state index in [1.165, 1.54) is 5.56 Å². The van der Waals surface area contributed by atoms with Crippen LogP contribution in [0.2, 0.25) is 0 Å². The van der Waals surface area contributed by atoms with E-state index in [0.29, 0.717) is 13.2 Å². The number of ether oxygens (including phenoxy) is 2. The van der Waals surface area contributed by atoms with E-state index in [-0.39, 0.29) is 17.9 Å². The Bertz CT molecular complexity index is 588. The second kappa shape index (κ2) is 11.4. The number of benzene rings is 1. The third kappa shape index (κ3) is 5.95. The van der Waals surface area contributed by atoms with Gasteiger partial charge in [-0.05, 0) is 58.5 Å². The summed E-state index contributed by atoms with van der Waals surface area (Å²) in [4.78, 5) is 17.6. The molecule has 0 aromatic heterocycles. The van der Waals surface area contributed by atoms with Crippen LogP contribution in [0.3, 0.4) is 0 Å². The second-order valence-corrected chi connectivity index (χ2v) is 8.09. The van der Waals surface area contributed by atoms with Gasteiger partial charge >= 0.3 is 5.97 Å². The molecule has 0 aliphatic rings. The molecule has 0 heterocycles. The average Bonchev–Trinajstić information content (AvgIpc) is 2.67. The lowest BCUT2D eigenvalue weighted by molar-refractivity contribution is -0.161. The number of methoxy groups -OCH3 is 1. The van der Waals surface area contributed by atoms with E-state index < -0.39 is 5.41 Å². The van der Waals surface area contributed by atoms with Gasteiger partial charge in [0, 0.05) is 31.9 Å². The van der Waals surface area contributed by atoms with E-state index in [9.17, 15) is 4.79 Å². The zero-order chi connectivity index (χ0) is 21.3. The molecular weight excluding hydrogens is 352 g/mol. The monoisotopic (exact) mass is 392 g/mol. The number of carbonyl (C=O) groups is 1. The van der Waals surface area contributed by atoms with Crippen molar-refractivity contribution in [2.24, 2.45) is 11.3 Å². The lowest BCUT2D eigenvalue weighted by Crippen LogP contribution is -2.53. The second-order valence-electron chi connectivity index (χ2n) is 8.09. The Morgan fingerprint density at radius 3 is 2.18 bits per heavy atom. The molecule has 0 saturated heterocycles. The fourth-order valence-electron chi connectivity index (χ4n) is 3.74. The zero-order valence-corrected chi connectivity index (χ0v) is 19.1. The Kier molecular flexibility index (Phi) is 9.97. The first-order valence-corrected chi connectivity index (χ1v) is 10.4. The number of hydrogen-bond donors (Lipinski definition) is 0. The molecule has 0 spiro atoms. The summed E-state index contributed by atoms with van der Waals surface area (Å²) in [5.41, 5.74) is 1.80. The molecule has 0 aliphatic carbocycles. The Hall–Kier alpha value is -1.59. The van der Waals surface area contributed by atoms with Crippen molar-refractivity contribution >= 4 is 11.7 Å². The molecule has 160 valence electrons. The standard InChI is InChI=1S/C23H40N2O3/c1-9-18(3)23(5,22(26)28-16-15-27-8)19(4)25(10-2)21-13-11-20(12-14-21)17-24(6)7/h11-14,18-19H,9-10,15-17H2,1-8H3. The molecule has 0 saturated carbocycles. The van der Waals surface area contributed by atoms with Crippen LogP contribution in [0.25, 0.3) is 0 Å². The highest BCUT2D eigenvalue weighted by atomic mass is 16.6. The van der Waals surface area contributed by atoms with Gasteiger partial charge in [-0.25, -0.2) is 0 Å². The average molecular weight is 393 g/mol. The molecule has 0 amide bonds. The van der Waals surface area contributed by atoms with Gasteiger partial charge in [0.15, 0.2) is 0 Å². The smallest absolute Gasteiger partial charge is 0.314 e. The Labute approximate surface area is 172 Å². The van der Waals surface area contributed by atoms with Crippen LogP contribution < -0.4 is 4.90 Å². The summed E-state index contributed by atoms with van der Waals surface area (Å²) >= 11 is 0. The van der Waals surface area contributed by atoms with Crippen molar-refractivity contribution in [3.05, 3.63) is 29.8 Å². The maximum absolute atomic E-state index is 13.1. The van der Waals surface area contributed by atoms with Crippen LogP contribution in [0.5, 0.6) is 0 Å². The first-order valence-electron chi connectivity index (χ1n) is 10.4. The Morgan fingerprint density at radius 2 is 1.71 bits per heavy atom. The molecule has 0 aliphatic heterocycles. The summed E-state index contributed by atoms with van der Waals surface area (Å²) in [6.07, 6.45) is 0.916. The van der Waals surface area contributed by atoms with Crippen LogP contribution >= 0.6 is 0 Å². The van der Waals surface area contributed by atoms with Crippen molar-refractivity contribution in [2.45, 2.75) is 53.6 Å². The summed E-state index contributed by atoms with van der Waals surface area (Å²) in [6, 6.07) is 8.66. The van der Waals surface area contributed by atoms with Crippen molar-refractivity contribution in [1.82, 2.24) is 4.90 Å². The summed E-state index contributed by atoms with van der Waals surface area (Å²) in [5, 5.41) is 0. The minimum absolute atomic E-state index is 0.00203. The topological polar surface area (TPSA) is 42.0 Å². The highest BCUT2D eigenvalue weighted by Gasteiger charge is 2.46. The van der Waals surface area contributed by atoms with Crippen LogP contribution in [-0.4, -0.2) is 57.9 Å². The van der Waals surface area contributed by atoms with Crippen LogP contribution in [0.4, 0.5) is 5.69 Å². The van der Waals surface area contributed by atoms with E-state index >= 15 is 0 Å². The Morgan fingerprint density at radius 1 is 1.11 bits per heavy atom. The predicted octanol–water partition coefficient (Wildman–Crippen LogP) is 4.21. The largest absolute Gasteiger partial charge is 0.463 e. The van der Waals surface area contributed by atoms with Gasteiger partial charge in [-0.2, -0.15) is 0 Å². The maximum atomic E-state index is 13.1. The lowest BCUT2D eigenvalue weighted by atomic mass is 9.70. The van der Waals surface area contributed by atoms with Crippen LogP contribution in [0, 0.1) is 11.3 Å². The zero-order valence-electron chi connectivity index (χ0n) is 19.1. The minimum atomic E-state index is -0.610. The molecular formula is C23H40N2O3. The molecule has 5 nitrogen and oxygen atoms in total. The summed E-state index contributed by atoms with van der Waals surface area (Å²) in [7, 11) is 5.76. The predicted molar refractivity (Wildman–Crippen MR) is 117 cm³/mol. The third-order valence-electron chi connectivity index (χ3n) is 6.04. The molecule has 1 rings (SSSR count). The minimum Gasteiger partial charge on any atom is -0.463 e. The van der Waals surface area contributed by atoms with Crippen molar-refractivity contribution in [1.29, 1.82) is 0 Å². The number of rotatable bonds is 12. The summed E-state index contributed by atoms with van der Waals surface area (Å²) in [6.45, 7) is 13.0. The summed E-state index contributed by atoms with van der Waals surface area (Å²) in [5.74, 6) is 0.0497. The fourth-order valence-corrected chi connectivity index (χ4v) is 3.74. The number of esters is 1. The first-order chi connectivity index (χ1) is 13.2. The molecule has 1 aromatic carbocycles. The van der Waals surface area contributed by atoms with E-state index in [2.05, 4.69) is 75.9 Å². The van der Waals surface area contributed by atoms with E-state index in [4.69, 9.17) is 9.47 Å². The number of carbonyl (C=O) groups excluding carboxylic acids is 1. The first kappa shape index (κ1) is 24.4.